The molecular weight excluding hydrogens is 483 g/mol. The molecule has 2 aromatic rings. The summed E-state index contributed by atoms with van der Waals surface area (Å²) in [6.07, 6.45) is 5.40. The molecule has 0 N–H and O–H groups in total. The summed E-state index contributed by atoms with van der Waals surface area (Å²) in [5.41, 5.74) is 0.685. The Bertz CT molecular complexity index is 1050. The van der Waals surface area contributed by atoms with E-state index < -0.39 is 11.9 Å². The van der Waals surface area contributed by atoms with Crippen LogP contribution in [0.3, 0.4) is 0 Å². The summed E-state index contributed by atoms with van der Waals surface area (Å²) in [4.78, 5) is 29.7. The van der Waals surface area contributed by atoms with Crippen LogP contribution in [0.25, 0.3) is 0 Å². The summed E-state index contributed by atoms with van der Waals surface area (Å²) >= 11 is 6.15. The van der Waals surface area contributed by atoms with Gasteiger partial charge in [-0.15, -0.1) is 0 Å². The molecule has 0 bridgehead atoms. The Labute approximate surface area is 217 Å². The van der Waals surface area contributed by atoms with Crippen molar-refractivity contribution in [1.82, 2.24) is 9.80 Å². The third-order valence-electron chi connectivity index (χ3n) is 6.92. The Morgan fingerprint density at radius 1 is 1.00 bits per heavy atom. The summed E-state index contributed by atoms with van der Waals surface area (Å²) in [7, 11) is 1.82. The van der Waals surface area contributed by atoms with Crippen LogP contribution in [-0.2, 0) is 16.0 Å². The zero-order valence-electron chi connectivity index (χ0n) is 20.8. The van der Waals surface area contributed by atoms with Crippen LogP contribution in [-0.4, -0.2) is 67.1 Å². The minimum atomic E-state index is -0.496. The lowest BCUT2D eigenvalue weighted by Crippen LogP contribution is -2.34. The highest BCUT2D eigenvalue weighted by Gasteiger charge is 2.38. The first kappa shape index (κ1) is 26.4. The van der Waals surface area contributed by atoms with E-state index in [0.29, 0.717) is 31.0 Å². The fraction of sp³-hybridized carbons (Fsp3) is 0.500. The molecule has 1 fully saturated rings. The number of likely N-dealkylation sites (tertiary alicyclic amines) is 1. The molecule has 2 aliphatic heterocycles. The minimum Gasteiger partial charge on any atom is -0.485 e. The van der Waals surface area contributed by atoms with Crippen LogP contribution in [0.15, 0.2) is 42.5 Å². The Kier molecular flexibility index (Phi) is 9.21. The maximum absolute atomic E-state index is 14.3. The predicted octanol–water partition coefficient (Wildman–Crippen LogP) is 5.12. The van der Waals surface area contributed by atoms with Crippen LogP contribution >= 0.6 is 11.6 Å². The Hall–Kier alpha value is -2.64. The van der Waals surface area contributed by atoms with Crippen LogP contribution in [0.4, 0.5) is 4.39 Å². The summed E-state index contributed by atoms with van der Waals surface area (Å²) < 4.78 is 26.8. The third kappa shape index (κ3) is 6.56. The van der Waals surface area contributed by atoms with Gasteiger partial charge in [-0.3, -0.25) is 9.59 Å². The van der Waals surface area contributed by atoms with Gasteiger partial charge in [0, 0.05) is 30.8 Å². The van der Waals surface area contributed by atoms with Crippen molar-refractivity contribution in [3.05, 3.63) is 64.4 Å². The Morgan fingerprint density at radius 2 is 1.72 bits per heavy atom. The van der Waals surface area contributed by atoms with E-state index in [1.54, 1.807) is 28.0 Å². The number of carbonyl (C=O) groups is 2. The van der Waals surface area contributed by atoms with E-state index >= 15 is 0 Å². The molecule has 36 heavy (non-hydrogen) atoms. The maximum Gasteiger partial charge on any atom is 0.257 e. The van der Waals surface area contributed by atoms with Gasteiger partial charge in [-0.25, -0.2) is 4.39 Å². The predicted molar refractivity (Wildman–Crippen MR) is 137 cm³/mol. The number of fused-ring (bicyclic) bond motifs is 2. The average Bonchev–Trinajstić information content (AvgIpc) is 3.27. The van der Waals surface area contributed by atoms with E-state index in [4.69, 9.17) is 21.1 Å². The van der Waals surface area contributed by atoms with E-state index in [9.17, 15) is 14.0 Å². The number of ether oxygens (including phenoxy) is 2. The van der Waals surface area contributed by atoms with Crippen LogP contribution in [0.1, 0.15) is 54.4 Å². The maximum atomic E-state index is 14.3. The lowest BCUT2D eigenvalue weighted by molar-refractivity contribution is -0.130. The van der Waals surface area contributed by atoms with Gasteiger partial charge in [-0.05, 0) is 37.1 Å². The van der Waals surface area contributed by atoms with Gasteiger partial charge in [-0.1, -0.05) is 55.5 Å². The van der Waals surface area contributed by atoms with Gasteiger partial charge in [-0.2, -0.15) is 0 Å². The molecule has 194 valence electrons. The fourth-order valence-electron chi connectivity index (χ4n) is 4.79. The molecule has 2 amide bonds. The second-order valence-electron chi connectivity index (χ2n) is 9.59. The van der Waals surface area contributed by atoms with Crippen LogP contribution < -0.4 is 4.74 Å². The molecule has 0 spiro atoms. The lowest BCUT2D eigenvalue weighted by atomic mass is 10.1. The molecular formula is C28H34ClFN2O4. The first-order valence-electron chi connectivity index (χ1n) is 12.8. The summed E-state index contributed by atoms with van der Waals surface area (Å²) in [5.74, 6) is -0.344. The summed E-state index contributed by atoms with van der Waals surface area (Å²) in [6, 6.07) is 11.6. The molecule has 0 radical (unpaired) electrons. The number of carbonyl (C=O) groups excluding carboxylic acids is 2. The van der Waals surface area contributed by atoms with Gasteiger partial charge in [0.05, 0.1) is 25.1 Å². The molecule has 2 heterocycles. The first-order chi connectivity index (χ1) is 17.4. The first-order valence-corrected chi connectivity index (χ1v) is 13.1. The molecule has 1 saturated heterocycles. The van der Waals surface area contributed by atoms with Crippen molar-refractivity contribution in [2.24, 2.45) is 0 Å². The van der Waals surface area contributed by atoms with Crippen LogP contribution in [0.5, 0.6) is 5.75 Å². The van der Waals surface area contributed by atoms with Crippen molar-refractivity contribution >= 4 is 23.4 Å². The van der Waals surface area contributed by atoms with Crippen molar-refractivity contribution in [3.8, 4) is 5.75 Å². The van der Waals surface area contributed by atoms with E-state index in [-0.39, 0.29) is 41.5 Å². The topological polar surface area (TPSA) is 59.1 Å². The van der Waals surface area contributed by atoms with Gasteiger partial charge >= 0.3 is 0 Å². The molecule has 4 rings (SSSR count). The fourth-order valence-corrected chi connectivity index (χ4v) is 5.02. The van der Waals surface area contributed by atoms with E-state index in [1.807, 2.05) is 19.2 Å². The van der Waals surface area contributed by atoms with E-state index in [2.05, 4.69) is 0 Å². The average molecular weight is 517 g/mol. The van der Waals surface area contributed by atoms with Crippen molar-refractivity contribution < 1.29 is 23.5 Å². The number of rotatable bonds is 2. The van der Waals surface area contributed by atoms with Crippen molar-refractivity contribution in [3.63, 3.8) is 0 Å². The largest absolute Gasteiger partial charge is 0.485 e. The SMILES string of the molecule is CN1CCCCCCCCO[C@@H]2CN(C(=O)Cc3c(F)cccc3Cl)C[C@H]2Oc2ccccc2C1=O. The highest BCUT2D eigenvalue weighted by atomic mass is 35.5. The van der Waals surface area contributed by atoms with Gasteiger partial charge in [0.25, 0.3) is 5.91 Å². The summed E-state index contributed by atoms with van der Waals surface area (Å²) in [5, 5.41) is 0.233. The molecule has 6 nitrogen and oxygen atoms in total. The van der Waals surface area contributed by atoms with Gasteiger partial charge in [0.1, 0.15) is 23.8 Å². The summed E-state index contributed by atoms with van der Waals surface area (Å²) in [6.45, 7) is 1.90. The van der Waals surface area contributed by atoms with Crippen molar-refractivity contribution in [2.45, 2.75) is 57.2 Å². The number of halogens is 2. The second-order valence-corrected chi connectivity index (χ2v) is 9.99. The molecule has 2 aliphatic rings. The van der Waals surface area contributed by atoms with E-state index in [0.717, 1.165) is 38.5 Å². The Morgan fingerprint density at radius 3 is 2.53 bits per heavy atom. The molecule has 0 unspecified atom stereocenters. The van der Waals surface area contributed by atoms with Crippen LogP contribution in [0, 0.1) is 5.82 Å². The number of nitrogens with zero attached hydrogens (tertiary/aromatic N) is 2. The minimum absolute atomic E-state index is 0.0877. The Balaban J connectivity index is 1.53. The monoisotopic (exact) mass is 516 g/mol. The van der Waals surface area contributed by atoms with Gasteiger partial charge in [0.2, 0.25) is 5.91 Å². The number of para-hydroxylation sites is 1. The second kappa shape index (κ2) is 12.5. The lowest BCUT2D eigenvalue weighted by Gasteiger charge is -2.24. The van der Waals surface area contributed by atoms with E-state index in [1.165, 1.54) is 12.1 Å². The molecule has 0 aromatic heterocycles. The standard InChI is InChI=1S/C28H34ClFN2O4/c1-31-15-8-4-2-3-5-9-16-35-25-18-32(27(33)17-21-22(29)12-10-13-23(21)30)19-26(25)36-24-14-7-6-11-20(24)28(31)34/h6-7,10-14,25-26H,2-5,8-9,15-19H2,1H3/t25-,26-/m1/s1. The molecule has 2 aromatic carbocycles. The number of hydrogen-bond donors (Lipinski definition) is 0. The highest BCUT2D eigenvalue weighted by molar-refractivity contribution is 6.31. The van der Waals surface area contributed by atoms with Crippen molar-refractivity contribution in [2.75, 3.05) is 33.3 Å². The molecule has 0 aliphatic carbocycles. The normalized spacial score (nSPS) is 22.0. The molecule has 0 saturated carbocycles. The highest BCUT2D eigenvalue weighted by Crippen LogP contribution is 2.27. The number of hydrogen-bond acceptors (Lipinski definition) is 4. The third-order valence-corrected chi connectivity index (χ3v) is 7.27. The van der Waals surface area contributed by atoms with Crippen molar-refractivity contribution in [1.29, 1.82) is 0 Å². The molecule has 2 atom stereocenters. The quantitative estimate of drug-likeness (QED) is 0.555. The number of amides is 2. The smallest absolute Gasteiger partial charge is 0.257 e. The van der Waals surface area contributed by atoms with Gasteiger partial charge < -0.3 is 19.3 Å². The zero-order valence-corrected chi connectivity index (χ0v) is 21.5. The van der Waals surface area contributed by atoms with Gasteiger partial charge in [0.15, 0.2) is 0 Å². The van der Waals surface area contributed by atoms with Crippen LogP contribution in [0.2, 0.25) is 5.02 Å². The number of benzene rings is 2. The molecule has 8 heteroatoms. The zero-order chi connectivity index (χ0) is 25.5.